The fourth-order valence-corrected chi connectivity index (χ4v) is 2.17. The van der Waals surface area contributed by atoms with Gasteiger partial charge in [-0.05, 0) is 19.4 Å². The van der Waals surface area contributed by atoms with E-state index in [0.29, 0.717) is 6.61 Å². The molecule has 0 amide bonds. The number of unbranched alkanes of at least 4 members (excludes halogenated alkanes) is 1. The number of hydrogen-bond acceptors (Lipinski definition) is 5. The lowest BCUT2D eigenvalue weighted by Crippen LogP contribution is -2.46. The Labute approximate surface area is 102 Å². The first-order valence-electron chi connectivity index (χ1n) is 6.33. The summed E-state index contributed by atoms with van der Waals surface area (Å²) in [5.41, 5.74) is 1.01. The van der Waals surface area contributed by atoms with E-state index >= 15 is 0 Å². The molecule has 0 atom stereocenters. The second-order valence-corrected chi connectivity index (χ2v) is 4.54. The summed E-state index contributed by atoms with van der Waals surface area (Å²) in [7, 11) is 0. The highest BCUT2D eigenvalue weighted by Gasteiger charge is 2.16. The molecule has 2 rings (SSSR count). The maximum atomic E-state index is 8.74. The first-order chi connectivity index (χ1) is 8.38. The molecule has 1 N–H and O–H groups in total. The molecule has 17 heavy (non-hydrogen) atoms. The standard InChI is InChI=1S/C12H21N3O2/c16-9-2-1-4-14-5-7-15(8-6-14)11-12-3-10-17-13-12/h3,10,16H,1-2,4-9,11H2. The van der Waals surface area contributed by atoms with Gasteiger partial charge in [0.2, 0.25) is 0 Å². The number of aliphatic hydroxyl groups is 1. The molecule has 96 valence electrons. The highest BCUT2D eigenvalue weighted by molar-refractivity contribution is 4.95. The van der Waals surface area contributed by atoms with Gasteiger partial charge in [-0.25, -0.2) is 0 Å². The van der Waals surface area contributed by atoms with Crippen molar-refractivity contribution in [3.63, 3.8) is 0 Å². The maximum absolute atomic E-state index is 8.74. The zero-order valence-electron chi connectivity index (χ0n) is 10.2. The van der Waals surface area contributed by atoms with E-state index in [2.05, 4.69) is 15.0 Å². The first kappa shape index (κ1) is 12.5. The molecular weight excluding hydrogens is 218 g/mol. The van der Waals surface area contributed by atoms with Gasteiger partial charge in [-0.2, -0.15) is 0 Å². The molecule has 0 saturated carbocycles. The Morgan fingerprint density at radius 3 is 2.59 bits per heavy atom. The van der Waals surface area contributed by atoms with Gasteiger partial charge >= 0.3 is 0 Å². The Bertz CT molecular complexity index is 295. The molecule has 1 fully saturated rings. The van der Waals surface area contributed by atoms with Crippen molar-refractivity contribution in [3.8, 4) is 0 Å². The van der Waals surface area contributed by atoms with Crippen molar-refractivity contribution in [2.75, 3.05) is 39.3 Å². The number of aromatic nitrogens is 1. The van der Waals surface area contributed by atoms with E-state index in [1.807, 2.05) is 6.07 Å². The van der Waals surface area contributed by atoms with Gasteiger partial charge in [-0.1, -0.05) is 5.16 Å². The summed E-state index contributed by atoms with van der Waals surface area (Å²) in [5, 5.41) is 12.7. The minimum absolute atomic E-state index is 0.312. The van der Waals surface area contributed by atoms with Crippen molar-refractivity contribution in [1.82, 2.24) is 15.0 Å². The van der Waals surface area contributed by atoms with Crippen LogP contribution in [0.15, 0.2) is 16.9 Å². The Morgan fingerprint density at radius 1 is 1.18 bits per heavy atom. The zero-order chi connectivity index (χ0) is 11.9. The molecule has 0 aliphatic carbocycles. The topological polar surface area (TPSA) is 52.7 Å². The molecule has 0 radical (unpaired) electrons. The van der Waals surface area contributed by atoms with E-state index in [1.54, 1.807) is 6.26 Å². The molecule has 1 aliphatic rings. The van der Waals surface area contributed by atoms with Crippen LogP contribution in [0.1, 0.15) is 18.5 Å². The van der Waals surface area contributed by atoms with Crippen LogP contribution in [0.2, 0.25) is 0 Å². The molecule has 0 aromatic carbocycles. The van der Waals surface area contributed by atoms with Crippen molar-refractivity contribution in [2.24, 2.45) is 0 Å². The fourth-order valence-electron chi connectivity index (χ4n) is 2.17. The number of rotatable bonds is 6. The lowest BCUT2D eigenvalue weighted by molar-refractivity contribution is 0.121. The molecule has 1 saturated heterocycles. The molecule has 1 aromatic rings. The largest absolute Gasteiger partial charge is 0.396 e. The van der Waals surface area contributed by atoms with Crippen LogP contribution in [-0.2, 0) is 6.54 Å². The Balaban J connectivity index is 1.64. The van der Waals surface area contributed by atoms with Gasteiger partial charge in [0, 0.05) is 45.4 Å². The molecule has 1 aliphatic heterocycles. The van der Waals surface area contributed by atoms with Crippen molar-refractivity contribution >= 4 is 0 Å². The van der Waals surface area contributed by atoms with E-state index in [1.165, 1.54) is 0 Å². The number of aliphatic hydroxyl groups excluding tert-OH is 1. The third-order valence-electron chi connectivity index (χ3n) is 3.22. The van der Waals surface area contributed by atoms with Gasteiger partial charge in [-0.15, -0.1) is 0 Å². The second kappa shape index (κ2) is 6.74. The Hall–Kier alpha value is -0.910. The molecular formula is C12H21N3O2. The summed E-state index contributed by atoms with van der Waals surface area (Å²) in [6.45, 7) is 6.72. The van der Waals surface area contributed by atoms with E-state index in [9.17, 15) is 0 Å². The normalized spacial score (nSPS) is 18.6. The van der Waals surface area contributed by atoms with Crippen LogP contribution in [0.4, 0.5) is 0 Å². The van der Waals surface area contributed by atoms with Gasteiger partial charge in [0.25, 0.3) is 0 Å². The van der Waals surface area contributed by atoms with Crippen LogP contribution >= 0.6 is 0 Å². The van der Waals surface area contributed by atoms with E-state index < -0.39 is 0 Å². The molecule has 0 bridgehead atoms. The third-order valence-corrected chi connectivity index (χ3v) is 3.22. The molecule has 5 nitrogen and oxygen atoms in total. The SMILES string of the molecule is OCCCCN1CCN(Cc2ccon2)CC1. The minimum Gasteiger partial charge on any atom is -0.396 e. The first-order valence-corrected chi connectivity index (χ1v) is 6.33. The zero-order valence-corrected chi connectivity index (χ0v) is 10.2. The Kier molecular flexibility index (Phi) is 4.97. The Morgan fingerprint density at radius 2 is 1.94 bits per heavy atom. The van der Waals surface area contributed by atoms with Gasteiger partial charge in [0.15, 0.2) is 0 Å². The van der Waals surface area contributed by atoms with E-state index in [-0.39, 0.29) is 0 Å². The van der Waals surface area contributed by atoms with E-state index in [4.69, 9.17) is 9.63 Å². The average molecular weight is 239 g/mol. The summed E-state index contributed by atoms with van der Waals surface area (Å²) in [5.74, 6) is 0. The smallest absolute Gasteiger partial charge is 0.124 e. The number of nitrogens with zero attached hydrogens (tertiary/aromatic N) is 3. The van der Waals surface area contributed by atoms with E-state index in [0.717, 1.165) is 57.8 Å². The third kappa shape index (κ3) is 4.11. The highest BCUT2D eigenvalue weighted by Crippen LogP contribution is 2.07. The van der Waals surface area contributed by atoms with Gasteiger partial charge in [-0.3, -0.25) is 4.90 Å². The highest BCUT2D eigenvalue weighted by atomic mass is 16.5. The maximum Gasteiger partial charge on any atom is 0.124 e. The van der Waals surface area contributed by atoms with Crippen molar-refractivity contribution in [1.29, 1.82) is 0 Å². The lowest BCUT2D eigenvalue weighted by Gasteiger charge is -2.34. The summed E-state index contributed by atoms with van der Waals surface area (Å²) < 4.78 is 4.83. The van der Waals surface area contributed by atoms with Crippen molar-refractivity contribution < 1.29 is 9.63 Å². The molecule has 5 heteroatoms. The molecule has 0 spiro atoms. The predicted octanol–water partition coefficient (Wildman–Crippen LogP) is 0.565. The lowest BCUT2D eigenvalue weighted by atomic mass is 10.2. The molecule has 2 heterocycles. The van der Waals surface area contributed by atoms with Gasteiger partial charge in [0.05, 0.1) is 5.69 Å². The van der Waals surface area contributed by atoms with Crippen LogP contribution in [0.3, 0.4) is 0 Å². The van der Waals surface area contributed by atoms with Crippen molar-refractivity contribution in [2.45, 2.75) is 19.4 Å². The average Bonchev–Trinajstić information content (AvgIpc) is 2.85. The summed E-state index contributed by atoms with van der Waals surface area (Å²) >= 11 is 0. The molecule has 1 aromatic heterocycles. The van der Waals surface area contributed by atoms with Crippen LogP contribution in [0.25, 0.3) is 0 Å². The van der Waals surface area contributed by atoms with Crippen LogP contribution < -0.4 is 0 Å². The monoisotopic (exact) mass is 239 g/mol. The number of piperazine rings is 1. The quantitative estimate of drug-likeness (QED) is 0.735. The van der Waals surface area contributed by atoms with Crippen LogP contribution in [0.5, 0.6) is 0 Å². The fraction of sp³-hybridized carbons (Fsp3) is 0.750. The summed E-state index contributed by atoms with van der Waals surface area (Å²) in [6, 6.07) is 1.92. The minimum atomic E-state index is 0.312. The van der Waals surface area contributed by atoms with Crippen LogP contribution in [0, 0.1) is 0 Å². The van der Waals surface area contributed by atoms with Crippen LogP contribution in [-0.4, -0.2) is 59.4 Å². The van der Waals surface area contributed by atoms with Crippen molar-refractivity contribution in [3.05, 3.63) is 18.0 Å². The summed E-state index contributed by atoms with van der Waals surface area (Å²) in [6.07, 6.45) is 3.64. The summed E-state index contributed by atoms with van der Waals surface area (Å²) in [4.78, 5) is 4.87. The molecule has 0 unspecified atom stereocenters. The van der Waals surface area contributed by atoms with Gasteiger partial charge < -0.3 is 14.5 Å². The predicted molar refractivity (Wildman–Crippen MR) is 64.5 cm³/mol. The number of hydrogen-bond donors (Lipinski definition) is 1. The van der Waals surface area contributed by atoms with Gasteiger partial charge in [0.1, 0.15) is 6.26 Å². The second-order valence-electron chi connectivity index (χ2n) is 4.54.